The van der Waals surface area contributed by atoms with Gasteiger partial charge in [-0.2, -0.15) is 0 Å². The lowest BCUT2D eigenvalue weighted by Crippen LogP contribution is -2.51. The molecule has 1 atom stereocenters. The number of carbonyl (C=O) groups excluding carboxylic acids is 1. The van der Waals surface area contributed by atoms with Crippen LogP contribution in [0.15, 0.2) is 18.2 Å². The van der Waals surface area contributed by atoms with Crippen molar-refractivity contribution in [2.75, 3.05) is 31.1 Å². The molecule has 0 unspecified atom stereocenters. The molecule has 0 spiro atoms. The van der Waals surface area contributed by atoms with Gasteiger partial charge in [-0.05, 0) is 25.0 Å². The lowest BCUT2D eigenvalue weighted by Gasteiger charge is -2.38. The highest BCUT2D eigenvalue weighted by Gasteiger charge is 2.32. The summed E-state index contributed by atoms with van der Waals surface area (Å²) in [7, 11) is 1.89. The summed E-state index contributed by atoms with van der Waals surface area (Å²) in [6.07, 6.45) is 2.41. The molecule has 0 saturated carbocycles. The minimum absolute atomic E-state index is 0.0233. The van der Waals surface area contributed by atoms with E-state index in [4.69, 9.17) is 23.2 Å². The van der Waals surface area contributed by atoms with Gasteiger partial charge in [0.05, 0.1) is 27.1 Å². The zero-order chi connectivity index (χ0) is 18.3. The third-order valence-electron chi connectivity index (χ3n) is 5.39. The van der Waals surface area contributed by atoms with Crippen molar-refractivity contribution in [3.05, 3.63) is 39.6 Å². The molecular weight excluding hydrogens is 373 g/mol. The first kappa shape index (κ1) is 17.6. The third-order valence-corrected chi connectivity index (χ3v) is 6.00. The summed E-state index contributed by atoms with van der Waals surface area (Å²) in [5.41, 5.74) is 3.00. The van der Waals surface area contributed by atoms with E-state index in [1.54, 1.807) is 4.68 Å². The molecule has 1 aliphatic carbocycles. The molecule has 2 aliphatic rings. The second kappa shape index (κ2) is 7.08. The predicted molar refractivity (Wildman–Crippen MR) is 102 cm³/mol. The average Bonchev–Trinajstić information content (AvgIpc) is 3.02. The van der Waals surface area contributed by atoms with E-state index in [1.807, 2.05) is 30.1 Å². The summed E-state index contributed by atoms with van der Waals surface area (Å²) in [4.78, 5) is 17.1. The summed E-state index contributed by atoms with van der Waals surface area (Å²) in [5.74, 6) is 0.261. The number of carbonyl (C=O) groups is 1. The van der Waals surface area contributed by atoms with Gasteiger partial charge in [-0.15, -0.1) is 5.10 Å². The smallest absolute Gasteiger partial charge is 0.226 e. The maximum Gasteiger partial charge on any atom is 0.226 e. The summed E-state index contributed by atoms with van der Waals surface area (Å²) in [6.45, 7) is 2.85. The molecule has 8 heteroatoms. The number of hydrogen-bond donors (Lipinski definition) is 0. The zero-order valence-electron chi connectivity index (χ0n) is 14.7. The van der Waals surface area contributed by atoms with Gasteiger partial charge < -0.3 is 9.80 Å². The van der Waals surface area contributed by atoms with Crippen molar-refractivity contribution in [1.29, 1.82) is 0 Å². The van der Waals surface area contributed by atoms with Crippen molar-refractivity contribution in [3.8, 4) is 0 Å². The molecule has 1 fully saturated rings. The summed E-state index contributed by atoms with van der Waals surface area (Å²) in [5, 5.41) is 9.56. The predicted octanol–water partition coefficient (Wildman–Crippen LogP) is 2.58. The molecule has 26 heavy (non-hydrogen) atoms. The van der Waals surface area contributed by atoms with Crippen LogP contribution in [-0.2, 0) is 24.7 Å². The third kappa shape index (κ3) is 3.16. The van der Waals surface area contributed by atoms with Gasteiger partial charge in [-0.25, -0.2) is 0 Å². The largest absolute Gasteiger partial charge is 0.366 e. The molecule has 2 aromatic rings. The van der Waals surface area contributed by atoms with Crippen LogP contribution in [0.5, 0.6) is 0 Å². The van der Waals surface area contributed by atoms with E-state index in [2.05, 4.69) is 15.2 Å². The van der Waals surface area contributed by atoms with Gasteiger partial charge in [0, 0.05) is 45.6 Å². The highest BCUT2D eigenvalue weighted by molar-refractivity contribution is 6.39. The first-order valence-electron chi connectivity index (χ1n) is 8.89. The highest BCUT2D eigenvalue weighted by Crippen LogP contribution is 2.34. The van der Waals surface area contributed by atoms with E-state index in [1.165, 1.54) is 0 Å². The molecule has 0 radical (unpaired) electrons. The van der Waals surface area contributed by atoms with E-state index in [0.29, 0.717) is 23.1 Å². The fourth-order valence-electron chi connectivity index (χ4n) is 3.92. The molecule has 4 rings (SSSR count). The van der Waals surface area contributed by atoms with Gasteiger partial charge >= 0.3 is 0 Å². The van der Waals surface area contributed by atoms with Crippen LogP contribution in [0, 0.1) is 5.92 Å². The number of halogens is 2. The van der Waals surface area contributed by atoms with E-state index < -0.39 is 0 Å². The van der Waals surface area contributed by atoms with Crippen molar-refractivity contribution in [2.24, 2.45) is 13.0 Å². The number of amides is 1. The molecule has 0 bridgehead atoms. The Balaban J connectivity index is 1.41. The quantitative estimate of drug-likeness (QED) is 0.786. The number of benzene rings is 1. The fourth-order valence-corrected chi connectivity index (χ4v) is 4.56. The van der Waals surface area contributed by atoms with Gasteiger partial charge in [-0.3, -0.25) is 9.48 Å². The summed E-state index contributed by atoms with van der Waals surface area (Å²) < 4.78 is 1.80. The van der Waals surface area contributed by atoms with Crippen LogP contribution >= 0.6 is 23.2 Å². The number of aryl methyl sites for hydroxylation is 2. The number of piperazine rings is 1. The van der Waals surface area contributed by atoms with Crippen LogP contribution in [0.2, 0.25) is 10.0 Å². The van der Waals surface area contributed by atoms with Gasteiger partial charge in [0.1, 0.15) is 0 Å². The number of anilines is 1. The van der Waals surface area contributed by atoms with Crippen LogP contribution < -0.4 is 4.90 Å². The van der Waals surface area contributed by atoms with Crippen LogP contribution in [0.25, 0.3) is 0 Å². The minimum Gasteiger partial charge on any atom is -0.366 e. The zero-order valence-corrected chi connectivity index (χ0v) is 16.2. The van der Waals surface area contributed by atoms with Crippen LogP contribution in [0.1, 0.15) is 17.8 Å². The Morgan fingerprint density at radius 2 is 1.85 bits per heavy atom. The number of nitrogens with zero attached hydrogens (tertiary/aromatic N) is 5. The maximum absolute atomic E-state index is 13.0. The molecule has 1 aromatic carbocycles. The second-order valence-corrected chi connectivity index (χ2v) is 7.74. The SMILES string of the molecule is Cn1nnc2c1C[C@@H](C(=O)N1CCN(c3c(Cl)cccc3Cl)CC1)CC2. The molecule has 138 valence electrons. The van der Waals surface area contributed by atoms with E-state index >= 15 is 0 Å². The standard InChI is InChI=1S/C18H21Cl2N5O/c1-23-16-11-12(5-6-15(16)21-22-23)18(26)25-9-7-24(8-10-25)17-13(19)3-2-4-14(17)20/h2-4,12H,5-11H2,1H3/t12-/m0/s1. The molecule has 6 nitrogen and oxygen atoms in total. The number of aromatic nitrogens is 3. The normalized spacial score (nSPS) is 20.2. The van der Waals surface area contributed by atoms with E-state index in [9.17, 15) is 4.79 Å². The Labute approximate surface area is 162 Å². The summed E-state index contributed by atoms with van der Waals surface area (Å²) >= 11 is 12.6. The van der Waals surface area contributed by atoms with E-state index in [0.717, 1.165) is 49.4 Å². The number of hydrogen-bond acceptors (Lipinski definition) is 4. The molecule has 0 N–H and O–H groups in total. The van der Waals surface area contributed by atoms with E-state index in [-0.39, 0.29) is 11.8 Å². The van der Waals surface area contributed by atoms with Crippen molar-refractivity contribution < 1.29 is 4.79 Å². The van der Waals surface area contributed by atoms with Crippen molar-refractivity contribution >= 4 is 34.8 Å². The molecule has 2 heterocycles. The number of rotatable bonds is 2. The van der Waals surface area contributed by atoms with Gasteiger partial charge in [0.25, 0.3) is 0 Å². The van der Waals surface area contributed by atoms with Crippen LogP contribution in [0.4, 0.5) is 5.69 Å². The van der Waals surface area contributed by atoms with Crippen LogP contribution in [0.3, 0.4) is 0 Å². The van der Waals surface area contributed by atoms with Crippen molar-refractivity contribution in [3.63, 3.8) is 0 Å². The monoisotopic (exact) mass is 393 g/mol. The lowest BCUT2D eigenvalue weighted by molar-refractivity contribution is -0.136. The Morgan fingerprint density at radius 1 is 1.15 bits per heavy atom. The molecule has 1 amide bonds. The second-order valence-electron chi connectivity index (χ2n) is 6.93. The fraction of sp³-hybridized carbons (Fsp3) is 0.500. The van der Waals surface area contributed by atoms with Gasteiger partial charge in [0.15, 0.2) is 0 Å². The maximum atomic E-state index is 13.0. The Bertz CT molecular complexity index is 809. The lowest BCUT2D eigenvalue weighted by atomic mass is 9.88. The topological polar surface area (TPSA) is 54.3 Å². The molecule has 1 aromatic heterocycles. The Hall–Kier alpha value is -1.79. The first-order chi connectivity index (χ1) is 12.5. The summed E-state index contributed by atoms with van der Waals surface area (Å²) in [6, 6.07) is 5.54. The van der Waals surface area contributed by atoms with Crippen molar-refractivity contribution in [1.82, 2.24) is 19.9 Å². The first-order valence-corrected chi connectivity index (χ1v) is 9.65. The number of fused-ring (bicyclic) bond motifs is 1. The Kier molecular flexibility index (Phi) is 4.80. The molecule has 1 saturated heterocycles. The highest BCUT2D eigenvalue weighted by atomic mass is 35.5. The average molecular weight is 394 g/mol. The van der Waals surface area contributed by atoms with Gasteiger partial charge in [0.2, 0.25) is 5.91 Å². The number of para-hydroxylation sites is 1. The Morgan fingerprint density at radius 3 is 2.54 bits per heavy atom. The van der Waals surface area contributed by atoms with Gasteiger partial charge in [-0.1, -0.05) is 34.5 Å². The minimum atomic E-state index is 0.0233. The van der Waals surface area contributed by atoms with Crippen molar-refractivity contribution in [2.45, 2.75) is 19.3 Å². The molecule has 1 aliphatic heterocycles. The molecular formula is C18H21Cl2N5O. The van der Waals surface area contributed by atoms with Crippen LogP contribution in [-0.4, -0.2) is 52.0 Å².